The number of hydrogen-bond acceptors (Lipinski definition) is 4. The van der Waals surface area contributed by atoms with Crippen molar-refractivity contribution in [2.45, 2.75) is 19.3 Å². The van der Waals surface area contributed by atoms with Crippen molar-refractivity contribution in [3.05, 3.63) is 205 Å². The average Bonchev–Trinajstić information content (AvgIpc) is 3.97. The maximum absolute atomic E-state index is 6.49. The molecular formula is C56H38N2O2. The van der Waals surface area contributed by atoms with E-state index in [0.29, 0.717) is 11.5 Å². The SMILES string of the molecule is CC1(C)c2ccccc2-c2c(N(c3ccc(-c4c5nc(-c6ccccc6)oc5cc5oc6ccccc6c45)cc3)c3ccccc3-c3cccc4ccccc34)cccc21. The molecule has 12 rings (SSSR count). The Morgan fingerprint density at radius 1 is 0.450 bits per heavy atom. The molecule has 0 radical (unpaired) electrons. The van der Waals surface area contributed by atoms with E-state index in [1.807, 2.05) is 48.5 Å². The van der Waals surface area contributed by atoms with Gasteiger partial charge in [-0.3, -0.25) is 0 Å². The van der Waals surface area contributed by atoms with E-state index in [0.717, 1.165) is 66.8 Å². The number of fused-ring (bicyclic) bond motifs is 8. The summed E-state index contributed by atoms with van der Waals surface area (Å²) in [4.78, 5) is 7.64. The number of aromatic nitrogens is 1. The molecule has 0 saturated carbocycles. The summed E-state index contributed by atoms with van der Waals surface area (Å²) in [6.07, 6.45) is 0. The molecule has 284 valence electrons. The highest BCUT2D eigenvalue weighted by Crippen LogP contribution is 2.55. The number of rotatable bonds is 6. The smallest absolute Gasteiger partial charge is 0.227 e. The lowest BCUT2D eigenvalue weighted by atomic mass is 9.82. The Morgan fingerprint density at radius 3 is 1.97 bits per heavy atom. The van der Waals surface area contributed by atoms with Gasteiger partial charge in [0.05, 0.1) is 11.4 Å². The van der Waals surface area contributed by atoms with E-state index in [9.17, 15) is 0 Å². The number of para-hydroxylation sites is 2. The van der Waals surface area contributed by atoms with Crippen LogP contribution in [0.1, 0.15) is 25.0 Å². The highest BCUT2D eigenvalue weighted by Gasteiger charge is 2.38. The molecule has 0 bridgehead atoms. The number of nitrogens with zero attached hydrogens (tertiary/aromatic N) is 2. The zero-order valence-corrected chi connectivity index (χ0v) is 33.2. The normalized spacial score (nSPS) is 13.0. The third kappa shape index (κ3) is 5.14. The molecule has 11 aromatic rings. The second-order valence-electron chi connectivity index (χ2n) is 16.3. The van der Waals surface area contributed by atoms with Crippen LogP contribution < -0.4 is 4.90 Å². The van der Waals surface area contributed by atoms with Crippen molar-refractivity contribution in [2.24, 2.45) is 0 Å². The summed E-state index contributed by atoms with van der Waals surface area (Å²) >= 11 is 0. The van der Waals surface area contributed by atoms with Crippen LogP contribution in [0.4, 0.5) is 17.1 Å². The molecule has 0 atom stereocenters. The Labute approximate surface area is 347 Å². The van der Waals surface area contributed by atoms with Gasteiger partial charge in [0, 0.05) is 50.2 Å². The van der Waals surface area contributed by atoms with E-state index >= 15 is 0 Å². The minimum absolute atomic E-state index is 0.153. The van der Waals surface area contributed by atoms with Gasteiger partial charge in [0.1, 0.15) is 16.7 Å². The Balaban J connectivity index is 1.10. The van der Waals surface area contributed by atoms with Gasteiger partial charge >= 0.3 is 0 Å². The quantitative estimate of drug-likeness (QED) is 0.169. The molecule has 1 aliphatic rings. The molecule has 0 amide bonds. The van der Waals surface area contributed by atoms with E-state index in [1.165, 1.54) is 38.6 Å². The van der Waals surface area contributed by atoms with Crippen molar-refractivity contribution in [3.63, 3.8) is 0 Å². The van der Waals surface area contributed by atoms with Crippen LogP contribution in [-0.2, 0) is 5.41 Å². The summed E-state index contributed by atoms with van der Waals surface area (Å²) in [6.45, 7) is 4.69. The fourth-order valence-electron chi connectivity index (χ4n) is 9.72. The summed E-state index contributed by atoms with van der Waals surface area (Å²) in [5.74, 6) is 0.581. The fourth-order valence-corrected chi connectivity index (χ4v) is 9.72. The van der Waals surface area contributed by atoms with Crippen molar-refractivity contribution in [1.29, 1.82) is 0 Å². The molecule has 0 saturated heterocycles. The van der Waals surface area contributed by atoms with Gasteiger partial charge in [0.2, 0.25) is 5.89 Å². The summed E-state index contributed by atoms with van der Waals surface area (Å²) in [7, 11) is 0. The van der Waals surface area contributed by atoms with Gasteiger partial charge in [0.25, 0.3) is 0 Å². The molecule has 2 aromatic heterocycles. The largest absolute Gasteiger partial charge is 0.456 e. The van der Waals surface area contributed by atoms with Gasteiger partial charge in [-0.05, 0) is 81.1 Å². The third-order valence-electron chi connectivity index (χ3n) is 12.5. The molecule has 0 N–H and O–H groups in total. The van der Waals surface area contributed by atoms with E-state index in [4.69, 9.17) is 13.8 Å². The zero-order chi connectivity index (χ0) is 40.0. The first-order chi connectivity index (χ1) is 29.5. The van der Waals surface area contributed by atoms with Gasteiger partial charge in [-0.2, -0.15) is 0 Å². The number of anilines is 3. The topological polar surface area (TPSA) is 42.4 Å². The molecule has 0 aliphatic heterocycles. The number of oxazole rings is 1. The van der Waals surface area contributed by atoms with E-state index in [2.05, 4.69) is 164 Å². The predicted octanol–water partition coefficient (Wildman–Crippen LogP) is 15.7. The monoisotopic (exact) mass is 770 g/mol. The van der Waals surface area contributed by atoms with Crippen LogP contribution >= 0.6 is 0 Å². The van der Waals surface area contributed by atoms with Crippen molar-refractivity contribution in [3.8, 4) is 44.8 Å². The minimum Gasteiger partial charge on any atom is -0.456 e. The number of hydrogen-bond donors (Lipinski definition) is 0. The molecule has 1 aliphatic carbocycles. The zero-order valence-electron chi connectivity index (χ0n) is 33.2. The first-order valence-electron chi connectivity index (χ1n) is 20.5. The summed E-state index contributed by atoms with van der Waals surface area (Å²) < 4.78 is 13.0. The molecule has 0 unspecified atom stereocenters. The van der Waals surface area contributed by atoms with Gasteiger partial charge < -0.3 is 13.7 Å². The molecule has 60 heavy (non-hydrogen) atoms. The minimum atomic E-state index is -0.153. The Hall–Kier alpha value is -7.69. The van der Waals surface area contributed by atoms with Crippen molar-refractivity contribution >= 4 is 60.9 Å². The van der Waals surface area contributed by atoms with Crippen LogP contribution in [0, 0.1) is 0 Å². The molecule has 9 aromatic carbocycles. The molecular weight excluding hydrogens is 733 g/mol. The first kappa shape index (κ1) is 34.4. The van der Waals surface area contributed by atoms with Crippen LogP contribution in [0.3, 0.4) is 0 Å². The van der Waals surface area contributed by atoms with Crippen molar-refractivity contribution < 1.29 is 8.83 Å². The highest BCUT2D eigenvalue weighted by atomic mass is 16.4. The van der Waals surface area contributed by atoms with Crippen molar-refractivity contribution in [1.82, 2.24) is 4.98 Å². The first-order valence-corrected chi connectivity index (χ1v) is 20.5. The molecule has 0 spiro atoms. The molecule has 4 nitrogen and oxygen atoms in total. The van der Waals surface area contributed by atoms with Crippen LogP contribution in [0.15, 0.2) is 203 Å². The standard InChI is InChI=1S/C56H38N2O2/c1-56(2)44-25-11-8-22-42(44)52-45(56)26-15-28-47(52)58(46-27-12-9-21-41(46)40-24-14-19-35-16-6-7-20-39(35)40)38-32-30-36(31-33-38)51-53-43-23-10-13-29-48(43)59-49(53)34-50-54(51)57-55(60-50)37-17-4-3-5-18-37/h3-34H,1-2H3. The molecule has 0 fully saturated rings. The molecule has 2 heterocycles. The highest BCUT2D eigenvalue weighted by molar-refractivity contribution is 6.19. The Kier molecular flexibility index (Phi) is 7.54. The Bertz CT molecular complexity index is 3460. The lowest BCUT2D eigenvalue weighted by Gasteiger charge is -2.31. The van der Waals surface area contributed by atoms with E-state index in [1.54, 1.807) is 0 Å². The van der Waals surface area contributed by atoms with Crippen molar-refractivity contribution in [2.75, 3.05) is 4.90 Å². The van der Waals surface area contributed by atoms with E-state index < -0.39 is 0 Å². The average molecular weight is 771 g/mol. The second-order valence-corrected chi connectivity index (χ2v) is 16.3. The van der Waals surface area contributed by atoms with Crippen LogP contribution in [0.25, 0.3) is 88.6 Å². The number of benzene rings is 9. The van der Waals surface area contributed by atoms with E-state index in [-0.39, 0.29) is 5.41 Å². The lowest BCUT2D eigenvalue weighted by Crippen LogP contribution is -2.16. The number of furan rings is 1. The maximum Gasteiger partial charge on any atom is 0.227 e. The van der Waals surface area contributed by atoms with Gasteiger partial charge in [-0.15, -0.1) is 0 Å². The third-order valence-corrected chi connectivity index (χ3v) is 12.5. The predicted molar refractivity (Wildman–Crippen MR) is 247 cm³/mol. The second kappa shape index (κ2) is 13.2. The Morgan fingerprint density at radius 2 is 1.10 bits per heavy atom. The van der Waals surface area contributed by atoms with Crippen LogP contribution in [-0.4, -0.2) is 4.98 Å². The van der Waals surface area contributed by atoms with Crippen LogP contribution in [0.2, 0.25) is 0 Å². The summed E-state index contributed by atoms with van der Waals surface area (Å²) in [6, 6.07) is 69.1. The fraction of sp³-hybridized carbons (Fsp3) is 0.0536. The summed E-state index contributed by atoms with van der Waals surface area (Å²) in [5.41, 5.74) is 16.7. The maximum atomic E-state index is 6.49. The van der Waals surface area contributed by atoms with Gasteiger partial charge in [-0.1, -0.05) is 159 Å². The summed E-state index contributed by atoms with van der Waals surface area (Å²) in [5, 5.41) is 4.51. The molecule has 4 heteroatoms. The lowest BCUT2D eigenvalue weighted by molar-refractivity contribution is 0.617. The van der Waals surface area contributed by atoms with Gasteiger partial charge in [0.15, 0.2) is 5.58 Å². The van der Waals surface area contributed by atoms with Gasteiger partial charge in [-0.25, -0.2) is 4.98 Å². The van der Waals surface area contributed by atoms with Crippen LogP contribution in [0.5, 0.6) is 0 Å².